The number of carbonyl (C=O) groups excluding carboxylic acids is 1. The van der Waals surface area contributed by atoms with Crippen molar-refractivity contribution < 1.29 is 9.53 Å². The molecule has 1 aliphatic carbocycles. The molecule has 1 unspecified atom stereocenters. The normalized spacial score (nSPS) is 22.2. The highest BCUT2D eigenvalue weighted by molar-refractivity contribution is 8.27. The van der Waals surface area contributed by atoms with Crippen molar-refractivity contribution in [3.63, 3.8) is 0 Å². The Balaban J connectivity index is 1.80. The minimum atomic E-state index is -0.125. The Morgan fingerprint density at radius 3 is 2.82 bits per heavy atom. The van der Waals surface area contributed by atoms with Crippen LogP contribution in [-0.2, 0) is 32.0 Å². The second kappa shape index (κ2) is 8.18. The number of ether oxygens (including phenoxy) is 1. The van der Waals surface area contributed by atoms with Gasteiger partial charge < -0.3 is 4.74 Å². The summed E-state index contributed by atoms with van der Waals surface area (Å²) in [5.74, 6) is 1.34. The molecule has 122 valence electrons. The predicted octanol–water partition coefficient (Wildman–Crippen LogP) is 2.97. The van der Waals surface area contributed by atoms with Crippen molar-refractivity contribution in [2.24, 2.45) is 5.92 Å². The van der Waals surface area contributed by atoms with E-state index in [9.17, 15) is 4.79 Å². The molecule has 0 bridgehead atoms. The maximum absolute atomic E-state index is 11.7. The SMILES string of the molecule is CC(C)C(=O)CCc1cccc(O[C@H]2C[C@@H](NS(C)=S)C2)c1. The third-order valence-corrected chi connectivity index (χ3v) is 4.89. The number of hydrogen-bond acceptors (Lipinski definition) is 3. The van der Waals surface area contributed by atoms with Crippen LogP contribution in [0.2, 0.25) is 0 Å². The van der Waals surface area contributed by atoms with Crippen molar-refractivity contribution in [3.05, 3.63) is 29.8 Å². The van der Waals surface area contributed by atoms with E-state index >= 15 is 0 Å². The van der Waals surface area contributed by atoms with Crippen molar-refractivity contribution in [1.82, 2.24) is 4.72 Å². The molecule has 1 N–H and O–H groups in total. The van der Waals surface area contributed by atoms with Gasteiger partial charge in [-0.1, -0.05) is 35.6 Å². The maximum Gasteiger partial charge on any atom is 0.135 e. The lowest BCUT2D eigenvalue weighted by Gasteiger charge is -2.35. The smallest absolute Gasteiger partial charge is 0.135 e. The average molecular weight is 340 g/mol. The molecule has 5 heteroatoms. The largest absolute Gasteiger partial charge is 0.490 e. The summed E-state index contributed by atoms with van der Waals surface area (Å²) in [7, 11) is -0.125. The zero-order chi connectivity index (χ0) is 16.1. The molecule has 0 radical (unpaired) electrons. The van der Waals surface area contributed by atoms with Crippen LogP contribution >= 0.6 is 0 Å². The molecule has 0 spiro atoms. The van der Waals surface area contributed by atoms with Crippen LogP contribution in [0.3, 0.4) is 0 Å². The molecule has 2 rings (SSSR count). The van der Waals surface area contributed by atoms with Crippen LogP contribution in [0.25, 0.3) is 0 Å². The van der Waals surface area contributed by atoms with Crippen molar-refractivity contribution >= 4 is 26.6 Å². The van der Waals surface area contributed by atoms with Crippen molar-refractivity contribution in [1.29, 1.82) is 0 Å². The Bertz CT molecular complexity index is 539. The molecule has 3 nitrogen and oxygen atoms in total. The zero-order valence-electron chi connectivity index (χ0n) is 13.5. The summed E-state index contributed by atoms with van der Waals surface area (Å²) in [5.41, 5.74) is 1.17. The lowest BCUT2D eigenvalue weighted by molar-refractivity contribution is -0.121. The van der Waals surface area contributed by atoms with E-state index in [1.165, 1.54) is 5.56 Å². The second-order valence-corrected chi connectivity index (χ2v) is 8.89. The summed E-state index contributed by atoms with van der Waals surface area (Å²) >= 11 is 5.16. The van der Waals surface area contributed by atoms with Crippen molar-refractivity contribution in [2.75, 3.05) is 6.26 Å². The molecule has 0 amide bonds. The molecule has 1 fully saturated rings. The molecule has 1 aliphatic rings. The van der Waals surface area contributed by atoms with Gasteiger partial charge in [0, 0.05) is 31.2 Å². The number of ketones is 1. The molecule has 1 aromatic carbocycles. The minimum Gasteiger partial charge on any atom is -0.490 e. The Labute approximate surface area is 140 Å². The van der Waals surface area contributed by atoms with Gasteiger partial charge in [-0.15, -0.1) is 0 Å². The molecule has 0 heterocycles. The Kier molecular flexibility index (Phi) is 6.53. The molecule has 0 aliphatic heterocycles. The van der Waals surface area contributed by atoms with E-state index in [0.29, 0.717) is 18.2 Å². The number of nitrogens with one attached hydrogen (secondary N) is 1. The number of Topliss-reactive ketones (excluding diaryl/α,β-unsaturated/α-hetero) is 1. The van der Waals surface area contributed by atoms with Gasteiger partial charge in [0.2, 0.25) is 0 Å². The molecular weight excluding hydrogens is 314 g/mol. The number of hydrogen-bond donors (Lipinski definition) is 1. The number of aryl methyl sites for hydroxylation is 1. The first-order valence-corrected chi connectivity index (χ1v) is 10.4. The first kappa shape index (κ1) is 17.6. The van der Waals surface area contributed by atoms with Crippen LogP contribution in [0, 0.1) is 5.92 Å². The third kappa shape index (κ3) is 5.45. The standard InChI is InChI=1S/C17H25NO2S2/c1-12(2)17(19)8-7-13-5-4-6-15(9-13)20-16-10-14(11-16)18-22(3)21/h4-6,9,12,14,16,18H,7-8,10-11H2,1-3H3/t14-,16+,22?. The summed E-state index contributed by atoms with van der Waals surface area (Å²) in [6.45, 7) is 3.90. The fourth-order valence-corrected chi connectivity index (χ4v) is 3.59. The van der Waals surface area contributed by atoms with Gasteiger partial charge in [-0.3, -0.25) is 9.52 Å². The van der Waals surface area contributed by atoms with E-state index in [0.717, 1.165) is 25.0 Å². The molecule has 0 saturated heterocycles. The van der Waals surface area contributed by atoms with Gasteiger partial charge in [0.15, 0.2) is 0 Å². The van der Waals surface area contributed by atoms with Crippen LogP contribution in [0.1, 0.15) is 38.7 Å². The van der Waals surface area contributed by atoms with Crippen LogP contribution in [0.4, 0.5) is 0 Å². The van der Waals surface area contributed by atoms with Gasteiger partial charge in [-0.05, 0) is 41.6 Å². The van der Waals surface area contributed by atoms with E-state index in [-0.39, 0.29) is 21.7 Å². The highest BCUT2D eigenvalue weighted by Gasteiger charge is 2.30. The third-order valence-electron chi connectivity index (χ3n) is 3.93. The number of rotatable bonds is 8. The minimum absolute atomic E-state index is 0.117. The highest BCUT2D eigenvalue weighted by atomic mass is 32.8. The number of carbonyl (C=O) groups is 1. The summed E-state index contributed by atoms with van der Waals surface area (Å²) < 4.78 is 9.38. The van der Waals surface area contributed by atoms with E-state index in [4.69, 9.17) is 15.9 Å². The molecule has 1 aromatic rings. The summed E-state index contributed by atoms with van der Waals surface area (Å²) in [6, 6.07) is 8.62. The summed E-state index contributed by atoms with van der Waals surface area (Å²) in [6.07, 6.45) is 5.73. The van der Waals surface area contributed by atoms with E-state index < -0.39 is 0 Å². The van der Waals surface area contributed by atoms with Gasteiger partial charge in [0.1, 0.15) is 17.6 Å². The fraction of sp³-hybridized carbons (Fsp3) is 0.588. The van der Waals surface area contributed by atoms with Gasteiger partial charge in [0.25, 0.3) is 0 Å². The first-order chi connectivity index (χ1) is 10.4. The molecule has 1 saturated carbocycles. The second-order valence-electron chi connectivity index (χ2n) is 6.25. The Hall–Kier alpha value is -0.780. The van der Waals surface area contributed by atoms with Gasteiger partial charge in [-0.25, -0.2) is 0 Å². The molecule has 22 heavy (non-hydrogen) atoms. The predicted molar refractivity (Wildman–Crippen MR) is 95.8 cm³/mol. The van der Waals surface area contributed by atoms with Crippen molar-refractivity contribution in [2.45, 2.75) is 51.7 Å². The van der Waals surface area contributed by atoms with Gasteiger partial charge in [0.05, 0.1) is 0 Å². The van der Waals surface area contributed by atoms with Crippen LogP contribution in [-0.4, -0.2) is 24.2 Å². The van der Waals surface area contributed by atoms with E-state index in [2.05, 4.69) is 16.9 Å². The molecule has 0 aromatic heterocycles. The van der Waals surface area contributed by atoms with Gasteiger partial charge in [-0.2, -0.15) is 0 Å². The Morgan fingerprint density at radius 2 is 2.18 bits per heavy atom. The molecule has 1 atom stereocenters. The van der Waals surface area contributed by atoms with Crippen molar-refractivity contribution in [3.8, 4) is 5.75 Å². The summed E-state index contributed by atoms with van der Waals surface area (Å²) in [4.78, 5) is 11.7. The summed E-state index contributed by atoms with van der Waals surface area (Å²) in [5, 5.41) is 0. The monoisotopic (exact) mass is 339 g/mol. The number of benzene rings is 1. The fourth-order valence-electron chi connectivity index (χ4n) is 2.52. The lowest BCUT2D eigenvalue weighted by Crippen LogP contribution is -2.46. The van der Waals surface area contributed by atoms with Crippen LogP contribution < -0.4 is 9.46 Å². The molecular formula is C17H25NO2S2. The van der Waals surface area contributed by atoms with Crippen LogP contribution in [0.15, 0.2) is 24.3 Å². The average Bonchev–Trinajstić information content (AvgIpc) is 2.42. The Morgan fingerprint density at radius 1 is 1.45 bits per heavy atom. The quantitative estimate of drug-likeness (QED) is 0.790. The lowest BCUT2D eigenvalue weighted by atomic mass is 9.90. The van der Waals surface area contributed by atoms with E-state index in [1.807, 2.05) is 32.2 Å². The highest BCUT2D eigenvalue weighted by Crippen LogP contribution is 2.27. The van der Waals surface area contributed by atoms with E-state index in [1.54, 1.807) is 0 Å². The van der Waals surface area contributed by atoms with Crippen LogP contribution in [0.5, 0.6) is 5.75 Å². The zero-order valence-corrected chi connectivity index (χ0v) is 15.1. The first-order valence-electron chi connectivity index (χ1n) is 7.82. The maximum atomic E-state index is 11.7. The van der Waals surface area contributed by atoms with Gasteiger partial charge >= 0.3 is 0 Å². The topological polar surface area (TPSA) is 38.3 Å².